The minimum Gasteiger partial charge on any atom is -0.260 e. The first-order valence-corrected chi connectivity index (χ1v) is 9.58. The Kier molecular flexibility index (Phi) is 4.05. The van der Waals surface area contributed by atoms with Crippen LogP contribution >= 0.6 is 11.3 Å². The van der Waals surface area contributed by atoms with Gasteiger partial charge in [-0.2, -0.15) is 0 Å². The number of piperidine rings is 1. The summed E-state index contributed by atoms with van der Waals surface area (Å²) in [5, 5.41) is 2.89. The highest BCUT2D eigenvalue weighted by Gasteiger charge is 2.27. The predicted molar refractivity (Wildman–Crippen MR) is 83.7 cm³/mol. The molecule has 2 aromatic heterocycles. The highest BCUT2D eigenvalue weighted by atomic mass is 32.2. The fourth-order valence-electron chi connectivity index (χ4n) is 2.62. The molecule has 112 valence electrons. The van der Waals surface area contributed by atoms with Gasteiger partial charge in [-0.05, 0) is 25.0 Å². The van der Waals surface area contributed by atoms with Crippen LogP contribution in [0.15, 0.2) is 29.9 Å². The van der Waals surface area contributed by atoms with E-state index in [-0.39, 0.29) is 5.92 Å². The zero-order valence-corrected chi connectivity index (χ0v) is 13.4. The third-order valence-electron chi connectivity index (χ3n) is 3.74. The molecule has 3 heterocycles. The first-order valence-electron chi connectivity index (χ1n) is 6.85. The first-order chi connectivity index (χ1) is 10.0. The summed E-state index contributed by atoms with van der Waals surface area (Å²) in [6, 6.07) is 4.01. The number of hydrogen-bond acceptors (Lipinski definition) is 5. The van der Waals surface area contributed by atoms with Crippen molar-refractivity contribution >= 4 is 21.4 Å². The van der Waals surface area contributed by atoms with Crippen molar-refractivity contribution in [3.05, 3.63) is 35.6 Å². The zero-order valence-electron chi connectivity index (χ0n) is 11.8. The van der Waals surface area contributed by atoms with Crippen LogP contribution in [-0.4, -0.2) is 42.0 Å². The number of thiazole rings is 1. The Labute approximate surface area is 128 Å². The maximum atomic E-state index is 11.7. The van der Waals surface area contributed by atoms with Crippen LogP contribution in [0.25, 0.3) is 10.6 Å². The molecule has 1 atom stereocenters. The van der Waals surface area contributed by atoms with E-state index in [0.29, 0.717) is 13.1 Å². The molecular weight excluding hydrogens is 306 g/mol. The van der Waals surface area contributed by atoms with Crippen LogP contribution < -0.4 is 0 Å². The third kappa shape index (κ3) is 3.30. The van der Waals surface area contributed by atoms with Gasteiger partial charge in [-0.25, -0.2) is 17.7 Å². The maximum Gasteiger partial charge on any atom is 0.211 e. The third-order valence-corrected chi connectivity index (χ3v) is 5.83. The summed E-state index contributed by atoms with van der Waals surface area (Å²) in [6.45, 7) is 1.15. The number of aromatic nitrogens is 2. The van der Waals surface area contributed by atoms with Crippen LogP contribution in [0.2, 0.25) is 0 Å². The van der Waals surface area contributed by atoms with Gasteiger partial charge in [0.25, 0.3) is 0 Å². The molecule has 1 fully saturated rings. The molecule has 5 nitrogen and oxygen atoms in total. The van der Waals surface area contributed by atoms with E-state index in [1.54, 1.807) is 21.8 Å². The predicted octanol–water partition coefficient (Wildman–Crippen LogP) is 2.34. The molecule has 1 aliphatic heterocycles. The van der Waals surface area contributed by atoms with Gasteiger partial charge in [-0.3, -0.25) is 4.98 Å². The molecule has 1 aliphatic rings. The van der Waals surface area contributed by atoms with Crippen molar-refractivity contribution in [2.24, 2.45) is 0 Å². The van der Waals surface area contributed by atoms with Crippen molar-refractivity contribution < 1.29 is 8.42 Å². The number of sulfonamides is 1. The summed E-state index contributed by atoms with van der Waals surface area (Å²) in [5.41, 5.74) is 1.97. The molecule has 0 saturated carbocycles. The minimum atomic E-state index is -3.11. The second-order valence-electron chi connectivity index (χ2n) is 5.27. The molecule has 0 aliphatic carbocycles. The van der Waals surface area contributed by atoms with Gasteiger partial charge in [0, 0.05) is 48.0 Å². The molecule has 2 aromatic rings. The van der Waals surface area contributed by atoms with E-state index in [4.69, 9.17) is 0 Å². The van der Waals surface area contributed by atoms with Gasteiger partial charge in [0.2, 0.25) is 10.0 Å². The molecule has 21 heavy (non-hydrogen) atoms. The van der Waals surface area contributed by atoms with Crippen molar-refractivity contribution in [2.45, 2.75) is 18.8 Å². The van der Waals surface area contributed by atoms with E-state index in [1.807, 2.05) is 23.7 Å². The normalized spacial score (nSPS) is 20.5. The van der Waals surface area contributed by atoms with Crippen LogP contribution in [0.4, 0.5) is 0 Å². The standard InChI is InChI=1S/C14H17N3O2S2/c1-21(18,19)17-7-2-3-12(10-17)13-5-4-11(9-16-13)14-15-6-8-20-14/h4-6,8-9,12H,2-3,7,10H2,1H3/t12-/m0/s1. The van der Waals surface area contributed by atoms with E-state index in [9.17, 15) is 8.42 Å². The SMILES string of the molecule is CS(=O)(=O)N1CCC[C@H](c2ccc(-c3nccs3)cn2)C1. The Bertz CT molecular complexity index is 696. The second-order valence-corrected chi connectivity index (χ2v) is 8.15. The van der Waals surface area contributed by atoms with E-state index in [1.165, 1.54) is 6.26 Å². The molecule has 0 unspecified atom stereocenters. The van der Waals surface area contributed by atoms with Crippen molar-refractivity contribution in [3.63, 3.8) is 0 Å². The van der Waals surface area contributed by atoms with Gasteiger partial charge >= 0.3 is 0 Å². The van der Waals surface area contributed by atoms with Gasteiger partial charge in [-0.15, -0.1) is 11.3 Å². The largest absolute Gasteiger partial charge is 0.260 e. The Balaban J connectivity index is 1.78. The molecule has 0 spiro atoms. The number of rotatable bonds is 3. The molecule has 1 saturated heterocycles. The van der Waals surface area contributed by atoms with E-state index >= 15 is 0 Å². The van der Waals surface area contributed by atoms with E-state index < -0.39 is 10.0 Å². The monoisotopic (exact) mass is 323 g/mol. The van der Waals surface area contributed by atoms with Gasteiger partial charge in [0.05, 0.1) is 6.26 Å². The van der Waals surface area contributed by atoms with Gasteiger partial charge in [0.15, 0.2) is 0 Å². The lowest BCUT2D eigenvalue weighted by molar-refractivity contribution is 0.314. The smallest absolute Gasteiger partial charge is 0.211 e. The number of nitrogens with zero attached hydrogens (tertiary/aromatic N) is 3. The van der Waals surface area contributed by atoms with Crippen LogP contribution in [0.3, 0.4) is 0 Å². The summed E-state index contributed by atoms with van der Waals surface area (Å²) >= 11 is 1.58. The highest BCUT2D eigenvalue weighted by molar-refractivity contribution is 7.88. The molecule has 7 heteroatoms. The van der Waals surface area contributed by atoms with Gasteiger partial charge in [0.1, 0.15) is 5.01 Å². The van der Waals surface area contributed by atoms with Crippen molar-refractivity contribution in [3.8, 4) is 10.6 Å². The molecule has 0 bridgehead atoms. The van der Waals surface area contributed by atoms with E-state index in [0.717, 1.165) is 29.1 Å². The van der Waals surface area contributed by atoms with Crippen molar-refractivity contribution in [1.29, 1.82) is 0 Å². The fourth-order valence-corrected chi connectivity index (χ4v) is 4.17. The molecule has 0 N–H and O–H groups in total. The second kappa shape index (κ2) is 5.82. The van der Waals surface area contributed by atoms with Crippen molar-refractivity contribution in [1.82, 2.24) is 14.3 Å². The average Bonchev–Trinajstić information content (AvgIpc) is 3.01. The van der Waals surface area contributed by atoms with Crippen LogP contribution in [0.1, 0.15) is 24.5 Å². The summed E-state index contributed by atoms with van der Waals surface area (Å²) in [4.78, 5) is 8.78. The Hall–Kier alpha value is -1.31. The summed E-state index contributed by atoms with van der Waals surface area (Å²) in [5.74, 6) is 0.179. The first kappa shape index (κ1) is 14.6. The summed E-state index contributed by atoms with van der Waals surface area (Å²) in [6.07, 6.45) is 6.74. The fraction of sp³-hybridized carbons (Fsp3) is 0.429. The number of pyridine rings is 1. The van der Waals surface area contributed by atoms with Crippen LogP contribution in [0, 0.1) is 0 Å². The topological polar surface area (TPSA) is 63.2 Å². The lowest BCUT2D eigenvalue weighted by Gasteiger charge is -2.30. The maximum absolute atomic E-state index is 11.7. The summed E-state index contributed by atoms with van der Waals surface area (Å²) in [7, 11) is -3.11. The van der Waals surface area contributed by atoms with Crippen LogP contribution in [-0.2, 0) is 10.0 Å². The molecular formula is C14H17N3O2S2. The van der Waals surface area contributed by atoms with Gasteiger partial charge < -0.3 is 0 Å². The zero-order chi connectivity index (χ0) is 14.9. The van der Waals surface area contributed by atoms with Crippen LogP contribution in [0.5, 0.6) is 0 Å². The van der Waals surface area contributed by atoms with Gasteiger partial charge in [-0.1, -0.05) is 0 Å². The minimum absolute atomic E-state index is 0.179. The van der Waals surface area contributed by atoms with Crippen molar-refractivity contribution in [2.75, 3.05) is 19.3 Å². The number of hydrogen-bond donors (Lipinski definition) is 0. The molecule has 0 aromatic carbocycles. The molecule has 0 radical (unpaired) electrons. The quantitative estimate of drug-likeness (QED) is 0.870. The van der Waals surface area contributed by atoms with E-state index in [2.05, 4.69) is 9.97 Å². The lowest BCUT2D eigenvalue weighted by Crippen LogP contribution is -2.38. The summed E-state index contributed by atoms with van der Waals surface area (Å²) < 4.78 is 24.9. The Morgan fingerprint density at radius 3 is 2.81 bits per heavy atom. The highest BCUT2D eigenvalue weighted by Crippen LogP contribution is 2.28. The Morgan fingerprint density at radius 1 is 1.33 bits per heavy atom. The average molecular weight is 323 g/mol. The lowest BCUT2D eigenvalue weighted by atomic mass is 9.95. The molecule has 0 amide bonds. The molecule has 3 rings (SSSR count). The Morgan fingerprint density at radius 2 is 2.19 bits per heavy atom.